The highest BCUT2D eigenvalue weighted by Gasteiger charge is 2.33. The molecule has 0 radical (unpaired) electrons. The molecule has 9 heteroatoms. The van der Waals surface area contributed by atoms with Crippen molar-refractivity contribution in [2.75, 3.05) is 18.5 Å². The Labute approximate surface area is 111 Å². The van der Waals surface area contributed by atoms with Crippen molar-refractivity contribution in [3.63, 3.8) is 0 Å². The lowest BCUT2D eigenvalue weighted by Gasteiger charge is -2.13. The number of nitro groups is 1. The van der Waals surface area contributed by atoms with Gasteiger partial charge in [0.05, 0.1) is 30.1 Å². The van der Waals surface area contributed by atoms with Crippen LogP contribution in [0.15, 0.2) is 12.1 Å². The van der Waals surface area contributed by atoms with Crippen molar-refractivity contribution in [2.45, 2.75) is 6.04 Å². The molecule has 1 aromatic rings. The number of hydrogen-bond acceptors (Lipinski definition) is 5. The molecule has 1 amide bonds. The van der Waals surface area contributed by atoms with E-state index in [0.717, 1.165) is 0 Å². The third-order valence-electron chi connectivity index (χ3n) is 2.94. The first-order valence-corrected chi connectivity index (χ1v) is 5.67. The number of halogens is 2. The molecule has 0 bridgehead atoms. The maximum absolute atomic E-state index is 13.6. The number of anilines is 1. The normalized spacial score (nSPS) is 21.8. The van der Waals surface area contributed by atoms with Gasteiger partial charge in [0.1, 0.15) is 5.82 Å². The first-order valence-electron chi connectivity index (χ1n) is 5.67. The number of amides is 1. The van der Waals surface area contributed by atoms with Gasteiger partial charge in [0.15, 0.2) is 11.5 Å². The van der Waals surface area contributed by atoms with Crippen molar-refractivity contribution in [1.82, 2.24) is 0 Å². The lowest BCUT2D eigenvalue weighted by Crippen LogP contribution is -2.37. The van der Waals surface area contributed by atoms with Crippen LogP contribution in [-0.4, -0.2) is 30.1 Å². The minimum Gasteiger partial charge on any atom is -0.379 e. The first-order chi connectivity index (χ1) is 9.40. The van der Waals surface area contributed by atoms with Crippen molar-refractivity contribution in [3.05, 3.63) is 33.9 Å². The zero-order valence-electron chi connectivity index (χ0n) is 10.1. The van der Waals surface area contributed by atoms with E-state index < -0.39 is 45.8 Å². The Kier molecular flexibility index (Phi) is 3.91. The van der Waals surface area contributed by atoms with E-state index in [0.29, 0.717) is 12.1 Å². The smallest absolute Gasteiger partial charge is 0.298 e. The molecule has 2 atom stereocenters. The first kappa shape index (κ1) is 14.3. The molecule has 1 aliphatic heterocycles. The van der Waals surface area contributed by atoms with E-state index in [9.17, 15) is 23.7 Å². The summed E-state index contributed by atoms with van der Waals surface area (Å²) in [5.41, 5.74) is 4.08. The molecule has 108 valence electrons. The number of nitro benzene ring substituents is 1. The molecule has 1 fully saturated rings. The van der Waals surface area contributed by atoms with Crippen LogP contribution >= 0.6 is 0 Å². The summed E-state index contributed by atoms with van der Waals surface area (Å²) < 4.78 is 31.5. The number of carbonyl (C=O) groups excluding carboxylic acids is 1. The molecule has 1 aromatic carbocycles. The summed E-state index contributed by atoms with van der Waals surface area (Å²) in [6.07, 6.45) is 0. The molecular formula is C11H11F2N3O4. The van der Waals surface area contributed by atoms with Gasteiger partial charge < -0.3 is 15.8 Å². The highest BCUT2D eigenvalue weighted by atomic mass is 19.1. The molecule has 0 aromatic heterocycles. The molecule has 1 heterocycles. The van der Waals surface area contributed by atoms with E-state index in [1.807, 2.05) is 0 Å². The van der Waals surface area contributed by atoms with Gasteiger partial charge in [-0.1, -0.05) is 0 Å². The van der Waals surface area contributed by atoms with E-state index >= 15 is 0 Å². The van der Waals surface area contributed by atoms with Crippen LogP contribution in [0.5, 0.6) is 0 Å². The number of nitrogens with two attached hydrogens (primary N) is 1. The summed E-state index contributed by atoms with van der Waals surface area (Å²) in [5, 5.41) is 12.8. The zero-order chi connectivity index (χ0) is 14.9. The zero-order valence-corrected chi connectivity index (χ0v) is 10.1. The fraction of sp³-hybridized carbons (Fsp3) is 0.364. The maximum Gasteiger partial charge on any atom is 0.298 e. The van der Waals surface area contributed by atoms with Gasteiger partial charge in [0.2, 0.25) is 5.91 Å². The molecule has 0 spiro atoms. The summed E-state index contributed by atoms with van der Waals surface area (Å²) in [7, 11) is 0. The molecule has 0 aliphatic carbocycles. The fourth-order valence-electron chi connectivity index (χ4n) is 1.88. The number of carbonyl (C=O) groups is 1. The molecule has 3 N–H and O–H groups in total. The minimum atomic E-state index is -1.22. The highest BCUT2D eigenvalue weighted by Crippen LogP contribution is 2.29. The van der Waals surface area contributed by atoms with Gasteiger partial charge in [-0.25, -0.2) is 8.78 Å². The van der Waals surface area contributed by atoms with Crippen LogP contribution in [0.3, 0.4) is 0 Å². The Morgan fingerprint density at radius 2 is 2.15 bits per heavy atom. The lowest BCUT2D eigenvalue weighted by molar-refractivity contribution is -0.384. The van der Waals surface area contributed by atoms with Crippen molar-refractivity contribution < 1.29 is 23.2 Å². The predicted molar refractivity (Wildman–Crippen MR) is 63.9 cm³/mol. The standard InChI is InChI=1S/C11H11F2N3O4/c12-5-1-7(13)10(9(2-5)16(18)19)15-11(17)6-3-20-4-8(6)14/h1-2,6,8H,3-4,14H2,(H,15,17). The molecule has 20 heavy (non-hydrogen) atoms. The summed E-state index contributed by atoms with van der Waals surface area (Å²) >= 11 is 0. The largest absolute Gasteiger partial charge is 0.379 e. The van der Waals surface area contributed by atoms with Crippen molar-refractivity contribution in [1.29, 1.82) is 0 Å². The van der Waals surface area contributed by atoms with Gasteiger partial charge in [-0.3, -0.25) is 14.9 Å². The van der Waals surface area contributed by atoms with E-state index in [-0.39, 0.29) is 13.2 Å². The summed E-state index contributed by atoms with van der Waals surface area (Å²) in [6, 6.07) is 0.412. The predicted octanol–water partition coefficient (Wildman–Crippen LogP) is 0.785. The minimum absolute atomic E-state index is 0.0452. The fourth-order valence-corrected chi connectivity index (χ4v) is 1.88. The molecule has 2 rings (SSSR count). The molecule has 2 unspecified atom stereocenters. The lowest BCUT2D eigenvalue weighted by atomic mass is 10.0. The SMILES string of the molecule is NC1COCC1C(=O)Nc1c(F)cc(F)cc1[N+](=O)[O-]. The third-order valence-corrected chi connectivity index (χ3v) is 2.94. The monoisotopic (exact) mass is 287 g/mol. The number of benzene rings is 1. The van der Waals surface area contributed by atoms with Crippen LogP contribution in [0.2, 0.25) is 0 Å². The third kappa shape index (κ3) is 2.73. The Hall–Kier alpha value is -2.13. The Balaban J connectivity index is 2.29. The molecule has 1 saturated heterocycles. The second kappa shape index (κ2) is 5.47. The van der Waals surface area contributed by atoms with Gasteiger partial charge >= 0.3 is 0 Å². The maximum atomic E-state index is 13.6. The van der Waals surface area contributed by atoms with Crippen molar-refractivity contribution in [3.8, 4) is 0 Å². The molecule has 1 aliphatic rings. The number of ether oxygens (including phenoxy) is 1. The number of nitrogens with one attached hydrogen (secondary N) is 1. The average molecular weight is 287 g/mol. The second-order valence-corrected chi connectivity index (χ2v) is 4.34. The van der Waals surface area contributed by atoms with Crippen LogP contribution in [0.25, 0.3) is 0 Å². The van der Waals surface area contributed by atoms with Crippen LogP contribution in [0.1, 0.15) is 0 Å². The van der Waals surface area contributed by atoms with E-state index in [1.165, 1.54) is 0 Å². The Morgan fingerprint density at radius 1 is 1.45 bits per heavy atom. The van der Waals surface area contributed by atoms with Crippen LogP contribution in [-0.2, 0) is 9.53 Å². The quantitative estimate of drug-likeness (QED) is 0.631. The van der Waals surface area contributed by atoms with Gasteiger partial charge in [0, 0.05) is 12.1 Å². The van der Waals surface area contributed by atoms with Crippen LogP contribution < -0.4 is 11.1 Å². The number of rotatable bonds is 3. The Morgan fingerprint density at radius 3 is 2.70 bits per heavy atom. The van der Waals surface area contributed by atoms with Crippen molar-refractivity contribution in [2.24, 2.45) is 11.7 Å². The van der Waals surface area contributed by atoms with Crippen LogP contribution in [0, 0.1) is 27.7 Å². The number of hydrogen-bond donors (Lipinski definition) is 2. The van der Waals surface area contributed by atoms with E-state index in [1.54, 1.807) is 0 Å². The van der Waals surface area contributed by atoms with Crippen molar-refractivity contribution >= 4 is 17.3 Å². The van der Waals surface area contributed by atoms with E-state index in [2.05, 4.69) is 5.32 Å². The average Bonchev–Trinajstić information content (AvgIpc) is 2.78. The molecular weight excluding hydrogens is 276 g/mol. The summed E-state index contributed by atoms with van der Waals surface area (Å²) in [6.45, 7) is 0.218. The van der Waals surface area contributed by atoms with Crippen LogP contribution in [0.4, 0.5) is 20.2 Å². The molecule has 0 saturated carbocycles. The Bertz CT molecular complexity index is 567. The van der Waals surface area contributed by atoms with Gasteiger partial charge in [0.25, 0.3) is 5.69 Å². The van der Waals surface area contributed by atoms with E-state index in [4.69, 9.17) is 10.5 Å². The molecule has 7 nitrogen and oxygen atoms in total. The topological polar surface area (TPSA) is 107 Å². The number of nitrogens with zero attached hydrogens (tertiary/aromatic N) is 1. The summed E-state index contributed by atoms with van der Waals surface area (Å²) in [5.74, 6) is -3.77. The van der Waals surface area contributed by atoms with Gasteiger partial charge in [-0.05, 0) is 0 Å². The van der Waals surface area contributed by atoms with Gasteiger partial charge in [-0.2, -0.15) is 0 Å². The second-order valence-electron chi connectivity index (χ2n) is 4.34. The summed E-state index contributed by atoms with van der Waals surface area (Å²) in [4.78, 5) is 21.7. The highest BCUT2D eigenvalue weighted by molar-refractivity contribution is 5.95. The van der Waals surface area contributed by atoms with Gasteiger partial charge in [-0.15, -0.1) is 0 Å².